The summed E-state index contributed by atoms with van der Waals surface area (Å²) in [5.74, 6) is -4.37. The van der Waals surface area contributed by atoms with Gasteiger partial charge < -0.3 is 18.6 Å². The molecule has 2 unspecified atom stereocenters. The van der Waals surface area contributed by atoms with Crippen LogP contribution in [0, 0.1) is 0 Å². The van der Waals surface area contributed by atoms with E-state index in [9.17, 15) is 26.4 Å². The van der Waals surface area contributed by atoms with Crippen molar-refractivity contribution in [1.29, 1.82) is 0 Å². The van der Waals surface area contributed by atoms with Crippen LogP contribution in [0.5, 0.6) is 0 Å². The Balaban J connectivity index is -0.000000241. The van der Waals surface area contributed by atoms with Gasteiger partial charge in [0.05, 0.1) is 0 Å². The molecule has 0 fully saturated rings. The van der Waals surface area contributed by atoms with Gasteiger partial charge in [0, 0.05) is 77.9 Å². The Morgan fingerprint density at radius 2 is 0.864 bits per heavy atom. The molecular formula is C4H6O12S2Zn4. The third-order valence-electron chi connectivity index (χ3n) is 1.16. The summed E-state index contributed by atoms with van der Waals surface area (Å²) in [6.07, 6.45) is -5.75. The van der Waals surface area contributed by atoms with Gasteiger partial charge in [-0.25, -0.2) is 9.59 Å². The zero-order valence-corrected chi connectivity index (χ0v) is 24.4. The van der Waals surface area contributed by atoms with Crippen molar-refractivity contribution in [2.75, 3.05) is 0 Å². The van der Waals surface area contributed by atoms with E-state index in [1.54, 1.807) is 0 Å². The van der Waals surface area contributed by atoms with E-state index in [4.69, 9.17) is 19.3 Å². The third kappa shape index (κ3) is 16.0. The van der Waals surface area contributed by atoms with E-state index in [0.29, 0.717) is 0 Å². The summed E-state index contributed by atoms with van der Waals surface area (Å²) in [7, 11) is -10.6. The summed E-state index contributed by atoms with van der Waals surface area (Å²) in [4.78, 5) is 21.4. The number of aliphatic hydroxyl groups is 2. The summed E-state index contributed by atoms with van der Waals surface area (Å²) in [6, 6.07) is 0. The molecule has 2 atom stereocenters. The monoisotopic (exact) mass is 566 g/mol. The van der Waals surface area contributed by atoms with E-state index < -0.39 is 44.9 Å². The molecule has 0 saturated heterocycles. The smallest absolute Gasteiger partial charge is 0.379 e. The standard InChI is InChI=1S/C4H6O12S2.4Zn/c5-1(3(7)15-17(9,10)11)2(6)4(8)16-18(12,13)14;;;;/h1-2,5-6H,(H,9,10,11)(H,12,13,14);;;;. The molecule has 0 bridgehead atoms. The molecule has 0 aliphatic carbocycles. The Hall–Kier alpha value is 1.17. The fourth-order valence-corrected chi connectivity index (χ4v) is 1.18. The quantitative estimate of drug-likeness (QED) is 0.187. The summed E-state index contributed by atoms with van der Waals surface area (Å²) in [5, 5.41) is 17.7. The first-order valence-corrected chi connectivity index (χ1v) is 6.34. The van der Waals surface area contributed by atoms with E-state index >= 15 is 0 Å². The van der Waals surface area contributed by atoms with Crippen LogP contribution in [0.4, 0.5) is 0 Å². The van der Waals surface area contributed by atoms with Crippen LogP contribution < -0.4 is 0 Å². The molecule has 0 aromatic carbocycles. The average molecular weight is 572 g/mol. The number of rotatable bonds is 5. The van der Waals surface area contributed by atoms with Gasteiger partial charge in [-0.05, 0) is 0 Å². The van der Waals surface area contributed by atoms with Gasteiger partial charge >= 0.3 is 32.7 Å². The molecule has 0 aliphatic heterocycles. The molecule has 18 heteroatoms. The van der Waals surface area contributed by atoms with E-state index in [1.165, 1.54) is 0 Å². The van der Waals surface area contributed by atoms with Gasteiger partial charge in [-0.1, -0.05) is 0 Å². The van der Waals surface area contributed by atoms with Crippen molar-refractivity contribution in [2.24, 2.45) is 0 Å². The minimum absolute atomic E-state index is 0. The second kappa shape index (κ2) is 13.5. The van der Waals surface area contributed by atoms with Gasteiger partial charge in [0.1, 0.15) is 0 Å². The van der Waals surface area contributed by atoms with Crippen LogP contribution in [0.15, 0.2) is 0 Å². The molecule has 0 aliphatic rings. The molecule has 0 radical (unpaired) electrons. The Kier molecular flexibility index (Phi) is 21.1. The van der Waals surface area contributed by atoms with E-state index in [0.717, 1.165) is 0 Å². The zero-order chi connectivity index (χ0) is 14.7. The predicted molar refractivity (Wildman–Crippen MR) is 47.3 cm³/mol. The molecule has 0 heterocycles. The van der Waals surface area contributed by atoms with Gasteiger partial charge in [-0.3, -0.25) is 9.11 Å². The Morgan fingerprint density at radius 3 is 1.00 bits per heavy atom. The SMILES string of the molecule is O=C(OS(=O)(=O)O)C(O)C(O)C(=O)OS(=O)(=O)O.[Zn].[Zn].[Zn].[Zn]. The molecule has 0 amide bonds. The first kappa shape index (κ1) is 34.5. The number of carbonyl (C=O) groups is 2. The predicted octanol–water partition coefficient (Wildman–Crippen LogP) is -3.61. The summed E-state index contributed by atoms with van der Waals surface area (Å²) >= 11 is 0. The van der Waals surface area contributed by atoms with Crippen LogP contribution >= 0.6 is 0 Å². The molecule has 0 rings (SSSR count). The number of hydrogen-bond acceptors (Lipinski definition) is 10. The van der Waals surface area contributed by atoms with Crippen molar-refractivity contribution in [1.82, 2.24) is 0 Å². The first-order valence-electron chi connectivity index (χ1n) is 3.61. The van der Waals surface area contributed by atoms with E-state index in [2.05, 4.69) is 8.37 Å². The van der Waals surface area contributed by atoms with Gasteiger partial charge in [0.25, 0.3) is 0 Å². The van der Waals surface area contributed by atoms with Gasteiger partial charge in [-0.15, -0.1) is 0 Å². The number of hydrogen-bond donors (Lipinski definition) is 4. The molecular weight excluding hydrogens is 566 g/mol. The van der Waals surface area contributed by atoms with E-state index in [1.807, 2.05) is 0 Å². The third-order valence-corrected chi connectivity index (χ3v) is 1.91. The minimum Gasteiger partial charge on any atom is -0.379 e. The van der Waals surface area contributed by atoms with Gasteiger partial charge in [0.15, 0.2) is 12.2 Å². The molecule has 0 aromatic rings. The maximum atomic E-state index is 10.7. The topological polar surface area (TPSA) is 202 Å². The van der Waals surface area contributed by atoms with Crippen molar-refractivity contribution in [3.05, 3.63) is 0 Å². The number of carbonyl (C=O) groups excluding carboxylic acids is 2. The normalized spacial score (nSPS) is 12.7. The Morgan fingerprint density at radius 1 is 0.682 bits per heavy atom. The largest absolute Gasteiger partial charge is 0.449 e. The molecule has 114 valence electrons. The molecule has 4 N–H and O–H groups in total. The van der Waals surface area contributed by atoms with Crippen LogP contribution in [0.3, 0.4) is 0 Å². The zero-order valence-electron chi connectivity index (χ0n) is 10.9. The second-order valence-corrected chi connectivity index (χ2v) is 4.59. The van der Waals surface area contributed by atoms with Crippen molar-refractivity contribution < 1.29 is 132 Å². The molecule has 0 spiro atoms. The van der Waals surface area contributed by atoms with Crippen LogP contribution in [0.2, 0.25) is 0 Å². The minimum atomic E-state index is -5.30. The van der Waals surface area contributed by atoms with Crippen molar-refractivity contribution in [3.63, 3.8) is 0 Å². The maximum Gasteiger partial charge on any atom is 0.449 e. The van der Waals surface area contributed by atoms with Gasteiger partial charge in [-0.2, -0.15) is 16.8 Å². The summed E-state index contributed by atoms with van der Waals surface area (Å²) in [6.45, 7) is 0. The fourth-order valence-electron chi connectivity index (χ4n) is 0.564. The average Bonchev–Trinajstić information content (AvgIpc) is 2.09. The van der Waals surface area contributed by atoms with Crippen LogP contribution in [-0.2, 0) is 117 Å². The Bertz CT molecular complexity index is 491. The molecule has 0 aromatic heterocycles. The molecule has 22 heavy (non-hydrogen) atoms. The molecule has 0 saturated carbocycles. The van der Waals surface area contributed by atoms with Crippen LogP contribution in [0.1, 0.15) is 0 Å². The fraction of sp³-hybridized carbons (Fsp3) is 0.500. The van der Waals surface area contributed by atoms with Crippen molar-refractivity contribution in [3.8, 4) is 0 Å². The van der Waals surface area contributed by atoms with Crippen LogP contribution in [0.25, 0.3) is 0 Å². The van der Waals surface area contributed by atoms with E-state index in [-0.39, 0.29) is 77.9 Å². The second-order valence-electron chi connectivity index (χ2n) is 2.55. The van der Waals surface area contributed by atoms with Crippen LogP contribution in [-0.4, -0.2) is 60.3 Å². The maximum absolute atomic E-state index is 10.7. The van der Waals surface area contributed by atoms with Gasteiger partial charge in [0.2, 0.25) is 0 Å². The van der Waals surface area contributed by atoms with Crippen molar-refractivity contribution in [2.45, 2.75) is 12.2 Å². The Labute approximate surface area is 175 Å². The summed E-state index contributed by atoms with van der Waals surface area (Å²) < 4.78 is 62.5. The summed E-state index contributed by atoms with van der Waals surface area (Å²) in [5.41, 5.74) is 0. The first-order chi connectivity index (χ1) is 7.83. The van der Waals surface area contributed by atoms with Crippen molar-refractivity contribution >= 4 is 32.7 Å². The molecule has 12 nitrogen and oxygen atoms in total. The number of aliphatic hydroxyl groups excluding tert-OH is 2.